The Balaban J connectivity index is 1.90. The molecule has 0 aromatic heterocycles. The summed E-state index contributed by atoms with van der Waals surface area (Å²) < 4.78 is 0.980. The van der Waals surface area contributed by atoms with Gasteiger partial charge in [0.25, 0.3) is 5.91 Å². The molecule has 0 unspecified atom stereocenters. The zero-order valence-electron chi connectivity index (χ0n) is 10.8. The van der Waals surface area contributed by atoms with Crippen molar-refractivity contribution in [3.8, 4) is 0 Å². The molecule has 0 saturated heterocycles. The fourth-order valence-electron chi connectivity index (χ4n) is 1.93. The van der Waals surface area contributed by atoms with Gasteiger partial charge in [-0.05, 0) is 53.6 Å². The number of rotatable bonds is 4. The maximum absolute atomic E-state index is 12.0. The van der Waals surface area contributed by atoms with Gasteiger partial charge in [0.15, 0.2) is 0 Å². The molecule has 2 aromatic rings. The molecule has 1 amide bonds. The Hall–Kier alpha value is -1.36. The van der Waals surface area contributed by atoms with E-state index in [0.717, 1.165) is 15.6 Å². The third-order valence-electron chi connectivity index (χ3n) is 2.90. The van der Waals surface area contributed by atoms with Gasteiger partial charge in [-0.2, -0.15) is 0 Å². The van der Waals surface area contributed by atoms with Crippen LogP contribution in [0.25, 0.3) is 0 Å². The van der Waals surface area contributed by atoms with Gasteiger partial charge in [0.05, 0.1) is 5.56 Å². The maximum atomic E-state index is 12.0. The third kappa shape index (κ3) is 4.06. The summed E-state index contributed by atoms with van der Waals surface area (Å²) in [4.78, 5) is 12.0. The monoisotopic (exact) mass is 365 g/mol. The number of aryl methyl sites for hydroxylation is 1. The van der Waals surface area contributed by atoms with Crippen molar-refractivity contribution < 1.29 is 4.79 Å². The molecule has 98 valence electrons. The molecular formula is C16H16INO. The first-order valence-corrected chi connectivity index (χ1v) is 7.33. The maximum Gasteiger partial charge on any atom is 0.252 e. The van der Waals surface area contributed by atoms with Crippen LogP contribution in [0.15, 0.2) is 48.5 Å². The van der Waals surface area contributed by atoms with E-state index in [1.165, 1.54) is 11.1 Å². The molecule has 19 heavy (non-hydrogen) atoms. The quantitative estimate of drug-likeness (QED) is 0.825. The first kappa shape index (κ1) is 14.1. The van der Waals surface area contributed by atoms with Gasteiger partial charge in [-0.3, -0.25) is 4.79 Å². The van der Waals surface area contributed by atoms with Crippen molar-refractivity contribution in [2.75, 3.05) is 6.54 Å². The first-order chi connectivity index (χ1) is 9.16. The summed E-state index contributed by atoms with van der Waals surface area (Å²) in [5.74, 6) is -0.00217. The van der Waals surface area contributed by atoms with Crippen LogP contribution in [0.5, 0.6) is 0 Å². The number of hydrogen-bond donors (Lipinski definition) is 1. The molecule has 3 heteroatoms. The molecule has 0 aliphatic carbocycles. The van der Waals surface area contributed by atoms with Crippen LogP contribution < -0.4 is 5.32 Å². The molecule has 2 nitrogen and oxygen atoms in total. The molecule has 0 aliphatic rings. The lowest BCUT2D eigenvalue weighted by Gasteiger charge is -2.07. The predicted octanol–water partition coefficient (Wildman–Crippen LogP) is 3.57. The van der Waals surface area contributed by atoms with Gasteiger partial charge in [-0.25, -0.2) is 0 Å². The van der Waals surface area contributed by atoms with Crippen molar-refractivity contribution in [2.45, 2.75) is 13.3 Å². The Bertz CT molecular complexity index is 580. The van der Waals surface area contributed by atoms with E-state index in [-0.39, 0.29) is 5.91 Å². The number of carbonyl (C=O) groups is 1. The molecule has 0 fully saturated rings. The smallest absolute Gasteiger partial charge is 0.252 e. The largest absolute Gasteiger partial charge is 0.352 e. The highest BCUT2D eigenvalue weighted by Gasteiger charge is 2.07. The molecule has 0 bridgehead atoms. The molecule has 2 rings (SSSR count). The Morgan fingerprint density at radius 2 is 1.95 bits per heavy atom. The van der Waals surface area contributed by atoms with Gasteiger partial charge in [0.2, 0.25) is 0 Å². The Morgan fingerprint density at radius 3 is 2.68 bits per heavy atom. The van der Waals surface area contributed by atoms with E-state index < -0.39 is 0 Å². The topological polar surface area (TPSA) is 29.1 Å². The summed E-state index contributed by atoms with van der Waals surface area (Å²) in [5, 5.41) is 2.96. The standard InChI is InChI=1S/C16H16INO/c1-12-5-4-6-13(11-12)9-10-18-16(19)14-7-2-3-8-15(14)17/h2-8,11H,9-10H2,1H3,(H,18,19). The number of amides is 1. The highest BCUT2D eigenvalue weighted by molar-refractivity contribution is 14.1. The molecule has 1 N–H and O–H groups in total. The number of halogens is 1. The van der Waals surface area contributed by atoms with E-state index in [9.17, 15) is 4.79 Å². The van der Waals surface area contributed by atoms with E-state index >= 15 is 0 Å². The van der Waals surface area contributed by atoms with Crippen molar-refractivity contribution in [1.29, 1.82) is 0 Å². The average Bonchev–Trinajstić information content (AvgIpc) is 2.39. The van der Waals surface area contributed by atoms with Crippen molar-refractivity contribution in [1.82, 2.24) is 5.32 Å². The minimum absolute atomic E-state index is 0.00217. The zero-order valence-corrected chi connectivity index (χ0v) is 13.0. The summed E-state index contributed by atoms with van der Waals surface area (Å²) in [6.07, 6.45) is 0.858. The second-order valence-corrected chi connectivity index (χ2v) is 5.64. The second-order valence-electron chi connectivity index (χ2n) is 4.47. The van der Waals surface area contributed by atoms with Gasteiger partial charge >= 0.3 is 0 Å². The zero-order chi connectivity index (χ0) is 13.7. The number of hydrogen-bond acceptors (Lipinski definition) is 1. The van der Waals surface area contributed by atoms with Gasteiger partial charge in [-0.1, -0.05) is 42.0 Å². The molecular weight excluding hydrogens is 349 g/mol. The van der Waals surface area contributed by atoms with Gasteiger partial charge < -0.3 is 5.32 Å². The lowest BCUT2D eigenvalue weighted by Crippen LogP contribution is -2.26. The summed E-state index contributed by atoms with van der Waals surface area (Å²) in [6, 6.07) is 16.0. The molecule has 0 spiro atoms. The van der Waals surface area contributed by atoms with Crippen LogP contribution in [-0.2, 0) is 6.42 Å². The summed E-state index contributed by atoms with van der Waals surface area (Å²) >= 11 is 2.18. The fraction of sp³-hybridized carbons (Fsp3) is 0.188. The average molecular weight is 365 g/mol. The minimum Gasteiger partial charge on any atom is -0.352 e. The molecule has 2 aromatic carbocycles. The highest BCUT2D eigenvalue weighted by Crippen LogP contribution is 2.11. The Morgan fingerprint density at radius 1 is 1.16 bits per heavy atom. The van der Waals surface area contributed by atoms with E-state index in [4.69, 9.17) is 0 Å². The number of nitrogens with one attached hydrogen (secondary N) is 1. The van der Waals surface area contributed by atoms with Crippen molar-refractivity contribution >= 4 is 28.5 Å². The number of benzene rings is 2. The van der Waals surface area contributed by atoms with Gasteiger partial charge in [-0.15, -0.1) is 0 Å². The van der Waals surface area contributed by atoms with E-state index in [2.05, 4.69) is 53.0 Å². The summed E-state index contributed by atoms with van der Waals surface area (Å²) in [7, 11) is 0. The lowest BCUT2D eigenvalue weighted by molar-refractivity contribution is 0.0953. The van der Waals surface area contributed by atoms with Crippen LogP contribution >= 0.6 is 22.6 Å². The van der Waals surface area contributed by atoms with E-state index in [1.807, 2.05) is 30.3 Å². The van der Waals surface area contributed by atoms with Crippen LogP contribution in [0.4, 0.5) is 0 Å². The number of carbonyl (C=O) groups excluding carboxylic acids is 1. The predicted molar refractivity (Wildman–Crippen MR) is 86.4 cm³/mol. The van der Waals surface area contributed by atoms with Crippen LogP contribution in [0.1, 0.15) is 21.5 Å². The van der Waals surface area contributed by atoms with Crippen molar-refractivity contribution in [3.63, 3.8) is 0 Å². The minimum atomic E-state index is -0.00217. The van der Waals surface area contributed by atoms with Crippen LogP contribution in [0, 0.1) is 10.5 Å². The second kappa shape index (κ2) is 6.70. The molecule has 0 radical (unpaired) electrons. The third-order valence-corrected chi connectivity index (χ3v) is 3.84. The van der Waals surface area contributed by atoms with Crippen molar-refractivity contribution in [3.05, 3.63) is 68.8 Å². The summed E-state index contributed by atoms with van der Waals surface area (Å²) in [6.45, 7) is 2.74. The summed E-state index contributed by atoms with van der Waals surface area (Å²) in [5.41, 5.74) is 3.25. The van der Waals surface area contributed by atoms with Crippen LogP contribution in [0.3, 0.4) is 0 Å². The van der Waals surface area contributed by atoms with Crippen LogP contribution in [0.2, 0.25) is 0 Å². The van der Waals surface area contributed by atoms with E-state index in [0.29, 0.717) is 6.54 Å². The van der Waals surface area contributed by atoms with E-state index in [1.54, 1.807) is 0 Å². The first-order valence-electron chi connectivity index (χ1n) is 6.25. The fourth-order valence-corrected chi connectivity index (χ4v) is 2.56. The SMILES string of the molecule is Cc1cccc(CCNC(=O)c2ccccc2I)c1. The molecule has 0 atom stereocenters. The molecule has 0 saturated carbocycles. The Kier molecular flexibility index (Phi) is 4.96. The van der Waals surface area contributed by atoms with Crippen LogP contribution in [-0.4, -0.2) is 12.5 Å². The van der Waals surface area contributed by atoms with Gasteiger partial charge in [0, 0.05) is 10.1 Å². The van der Waals surface area contributed by atoms with Gasteiger partial charge in [0.1, 0.15) is 0 Å². The molecule has 0 heterocycles. The molecule has 0 aliphatic heterocycles. The lowest BCUT2D eigenvalue weighted by atomic mass is 10.1. The highest BCUT2D eigenvalue weighted by atomic mass is 127. The van der Waals surface area contributed by atoms with Crippen molar-refractivity contribution in [2.24, 2.45) is 0 Å². The normalized spacial score (nSPS) is 10.2. The Labute approximate surface area is 127 Å².